The summed E-state index contributed by atoms with van der Waals surface area (Å²) in [7, 11) is 0. The smallest absolute Gasteiger partial charge is 0.141 e. The topological polar surface area (TPSA) is 41.8 Å². The lowest BCUT2D eigenvalue weighted by atomic mass is 10.1. The number of hydrogen-bond donors (Lipinski definition) is 1. The minimum Gasteiger partial charge on any atom is -0.488 e. The summed E-state index contributed by atoms with van der Waals surface area (Å²) < 4.78 is 31.9. The highest BCUT2D eigenvalue weighted by Gasteiger charge is 2.10. The van der Waals surface area contributed by atoms with Crippen LogP contribution in [0, 0.1) is 11.6 Å². The third-order valence-corrected chi connectivity index (χ3v) is 3.15. The Morgan fingerprint density at radius 2 is 2.00 bits per heavy atom. The van der Waals surface area contributed by atoms with Gasteiger partial charge in [-0.15, -0.1) is 0 Å². The van der Waals surface area contributed by atoms with Gasteiger partial charge in [0.15, 0.2) is 0 Å². The van der Waals surface area contributed by atoms with E-state index in [0.29, 0.717) is 16.9 Å². The first kappa shape index (κ1) is 15.3. The zero-order valence-corrected chi connectivity index (χ0v) is 11.9. The van der Waals surface area contributed by atoms with Crippen molar-refractivity contribution in [3.05, 3.63) is 64.2 Å². The Hall–Kier alpha value is -2.14. The molecule has 0 saturated carbocycles. The van der Waals surface area contributed by atoms with Crippen molar-refractivity contribution in [2.75, 3.05) is 0 Å². The molecule has 110 valence electrons. The average molecular weight is 312 g/mol. The van der Waals surface area contributed by atoms with Gasteiger partial charge in [-0.1, -0.05) is 22.8 Å². The molecule has 0 atom stereocenters. The predicted octanol–water partition coefficient (Wildman–Crippen LogP) is 4.40. The highest BCUT2D eigenvalue weighted by Crippen LogP contribution is 2.23. The molecule has 0 heterocycles. The van der Waals surface area contributed by atoms with Crippen LogP contribution in [0.2, 0.25) is 5.02 Å². The van der Waals surface area contributed by atoms with Crippen molar-refractivity contribution in [3.8, 4) is 5.75 Å². The van der Waals surface area contributed by atoms with Crippen molar-refractivity contribution in [1.82, 2.24) is 0 Å². The van der Waals surface area contributed by atoms with Gasteiger partial charge in [0.1, 0.15) is 24.0 Å². The van der Waals surface area contributed by atoms with Gasteiger partial charge >= 0.3 is 0 Å². The van der Waals surface area contributed by atoms with E-state index in [0.717, 1.165) is 0 Å². The zero-order chi connectivity index (χ0) is 15.4. The molecular weight excluding hydrogens is 300 g/mol. The van der Waals surface area contributed by atoms with Gasteiger partial charge in [0.25, 0.3) is 0 Å². The first-order valence-electron chi connectivity index (χ1n) is 6.06. The maximum absolute atomic E-state index is 13.3. The van der Waals surface area contributed by atoms with Gasteiger partial charge in [0.05, 0.1) is 10.7 Å². The second-order valence-electron chi connectivity index (χ2n) is 4.36. The van der Waals surface area contributed by atoms with Crippen LogP contribution in [0.1, 0.15) is 18.1 Å². The summed E-state index contributed by atoms with van der Waals surface area (Å²) in [6.45, 7) is 1.65. The van der Waals surface area contributed by atoms with E-state index in [1.54, 1.807) is 0 Å². The maximum atomic E-state index is 13.3. The number of oxime groups is 1. The number of rotatable bonds is 4. The van der Waals surface area contributed by atoms with E-state index in [2.05, 4.69) is 5.16 Å². The molecule has 6 heteroatoms. The molecule has 0 radical (unpaired) electrons. The number of nitrogens with zero attached hydrogens (tertiary/aromatic N) is 1. The molecule has 0 aliphatic carbocycles. The highest BCUT2D eigenvalue weighted by atomic mass is 35.5. The Morgan fingerprint density at radius 3 is 2.67 bits per heavy atom. The molecule has 0 bridgehead atoms. The summed E-state index contributed by atoms with van der Waals surface area (Å²) in [5, 5.41) is 11.9. The van der Waals surface area contributed by atoms with E-state index in [1.165, 1.54) is 43.3 Å². The van der Waals surface area contributed by atoms with Crippen LogP contribution in [-0.2, 0) is 6.61 Å². The first-order valence-corrected chi connectivity index (χ1v) is 6.44. The van der Waals surface area contributed by atoms with Gasteiger partial charge < -0.3 is 9.94 Å². The molecule has 2 aromatic rings. The summed E-state index contributed by atoms with van der Waals surface area (Å²) in [6, 6.07) is 8.12. The number of benzene rings is 2. The van der Waals surface area contributed by atoms with Crippen LogP contribution in [0.15, 0.2) is 41.6 Å². The van der Waals surface area contributed by atoms with Crippen molar-refractivity contribution in [1.29, 1.82) is 0 Å². The van der Waals surface area contributed by atoms with Crippen molar-refractivity contribution < 1.29 is 18.7 Å². The van der Waals surface area contributed by atoms with Crippen LogP contribution in [0.25, 0.3) is 0 Å². The lowest BCUT2D eigenvalue weighted by Gasteiger charge is -2.11. The van der Waals surface area contributed by atoms with Gasteiger partial charge in [-0.2, -0.15) is 0 Å². The SMILES string of the molecule is C/C(=N/O)c1cc(F)ccc1OCc1ccc(F)c(Cl)c1. The normalized spacial score (nSPS) is 11.5. The molecule has 0 saturated heterocycles. The molecular formula is C15H12ClF2NO2. The second kappa shape index (κ2) is 6.54. The molecule has 0 spiro atoms. The molecule has 0 unspecified atom stereocenters. The van der Waals surface area contributed by atoms with Crippen LogP contribution in [0.3, 0.4) is 0 Å². The third-order valence-electron chi connectivity index (χ3n) is 2.86. The summed E-state index contributed by atoms with van der Waals surface area (Å²) in [5.74, 6) is -0.622. The van der Waals surface area contributed by atoms with E-state index in [1.807, 2.05) is 0 Å². The molecule has 0 aliphatic heterocycles. The monoisotopic (exact) mass is 311 g/mol. The number of halogens is 3. The third kappa shape index (κ3) is 3.70. The van der Waals surface area contributed by atoms with Gasteiger partial charge in [0, 0.05) is 5.56 Å². The molecule has 3 nitrogen and oxygen atoms in total. The minimum absolute atomic E-state index is 0.00327. The molecule has 2 aromatic carbocycles. The van der Waals surface area contributed by atoms with Crippen molar-refractivity contribution in [2.45, 2.75) is 13.5 Å². The van der Waals surface area contributed by atoms with E-state index in [-0.39, 0.29) is 17.3 Å². The van der Waals surface area contributed by atoms with E-state index < -0.39 is 11.6 Å². The summed E-state index contributed by atoms with van der Waals surface area (Å²) in [4.78, 5) is 0. The molecule has 1 N–H and O–H groups in total. The maximum Gasteiger partial charge on any atom is 0.141 e. The van der Waals surface area contributed by atoms with Crippen molar-refractivity contribution >= 4 is 17.3 Å². The standard InChI is InChI=1S/C15H12ClF2NO2/c1-9(19-20)12-7-11(17)3-5-15(12)21-8-10-2-4-14(18)13(16)6-10/h2-7,20H,8H2,1H3/b19-9-. The Bertz CT molecular complexity index is 689. The number of hydrogen-bond acceptors (Lipinski definition) is 3. The van der Waals surface area contributed by atoms with Crippen molar-refractivity contribution in [2.24, 2.45) is 5.16 Å². The molecule has 21 heavy (non-hydrogen) atoms. The quantitative estimate of drug-likeness (QED) is 0.517. The highest BCUT2D eigenvalue weighted by molar-refractivity contribution is 6.30. The zero-order valence-electron chi connectivity index (χ0n) is 11.1. The van der Waals surface area contributed by atoms with Crippen LogP contribution in [0.4, 0.5) is 8.78 Å². The van der Waals surface area contributed by atoms with E-state index in [9.17, 15) is 8.78 Å². The van der Waals surface area contributed by atoms with Crippen LogP contribution >= 0.6 is 11.6 Å². The summed E-state index contributed by atoms with van der Waals surface area (Å²) >= 11 is 5.69. The Labute approximate surface area is 125 Å². The van der Waals surface area contributed by atoms with Gasteiger partial charge in [-0.3, -0.25) is 0 Å². The van der Waals surface area contributed by atoms with E-state index in [4.69, 9.17) is 21.5 Å². The lowest BCUT2D eigenvalue weighted by molar-refractivity contribution is 0.302. The van der Waals surface area contributed by atoms with Crippen LogP contribution in [-0.4, -0.2) is 10.9 Å². The Kier molecular flexibility index (Phi) is 4.75. The lowest BCUT2D eigenvalue weighted by Crippen LogP contribution is -2.03. The molecule has 0 amide bonds. The second-order valence-corrected chi connectivity index (χ2v) is 4.77. The molecule has 2 rings (SSSR count). The molecule has 0 fully saturated rings. The van der Waals surface area contributed by atoms with Crippen LogP contribution < -0.4 is 4.74 Å². The van der Waals surface area contributed by atoms with Gasteiger partial charge in [0.2, 0.25) is 0 Å². The summed E-state index contributed by atoms with van der Waals surface area (Å²) in [6.07, 6.45) is 0. The molecule has 0 aromatic heterocycles. The largest absolute Gasteiger partial charge is 0.488 e. The van der Waals surface area contributed by atoms with Crippen LogP contribution in [0.5, 0.6) is 5.75 Å². The van der Waals surface area contributed by atoms with Gasteiger partial charge in [-0.05, 0) is 42.8 Å². The van der Waals surface area contributed by atoms with E-state index >= 15 is 0 Å². The minimum atomic E-state index is -0.508. The average Bonchev–Trinajstić information content (AvgIpc) is 2.48. The van der Waals surface area contributed by atoms with Crippen molar-refractivity contribution in [3.63, 3.8) is 0 Å². The fourth-order valence-corrected chi connectivity index (χ4v) is 1.96. The fourth-order valence-electron chi connectivity index (χ4n) is 1.76. The fraction of sp³-hybridized carbons (Fsp3) is 0.133. The first-order chi connectivity index (χ1) is 10.0. The Morgan fingerprint density at radius 1 is 1.24 bits per heavy atom. The molecule has 0 aliphatic rings. The Balaban J connectivity index is 2.21. The number of ether oxygens (including phenoxy) is 1. The summed E-state index contributed by atoms with van der Waals surface area (Å²) in [5.41, 5.74) is 1.22. The van der Waals surface area contributed by atoms with Gasteiger partial charge in [-0.25, -0.2) is 8.78 Å². The predicted molar refractivity (Wildman–Crippen MR) is 76.1 cm³/mol.